The van der Waals surface area contributed by atoms with Crippen LogP contribution in [0.2, 0.25) is 5.02 Å². The maximum absolute atomic E-state index is 11.5. The third-order valence-electron chi connectivity index (χ3n) is 1.81. The Labute approximate surface area is 92.0 Å². The maximum atomic E-state index is 11.5. The maximum Gasteiger partial charge on any atom is 0.331 e. The first kappa shape index (κ1) is 11.5. The molecule has 1 aromatic carbocycles. The van der Waals surface area contributed by atoms with Crippen molar-refractivity contribution in [2.24, 2.45) is 0 Å². The Morgan fingerprint density at radius 1 is 1.27 bits per heavy atom. The van der Waals surface area contributed by atoms with E-state index in [1.54, 1.807) is 24.3 Å². The normalized spacial score (nSPS) is 11.2. The first-order valence-electron chi connectivity index (χ1n) is 4.22. The summed E-state index contributed by atoms with van der Waals surface area (Å²) in [4.78, 5) is 22.0. The summed E-state index contributed by atoms with van der Waals surface area (Å²) < 4.78 is 0. The molecule has 0 radical (unpaired) electrons. The Morgan fingerprint density at radius 3 is 2.27 bits per heavy atom. The molecule has 0 aliphatic heterocycles. The highest BCUT2D eigenvalue weighted by molar-refractivity contribution is 6.30. The van der Waals surface area contributed by atoms with Gasteiger partial charge in [-0.25, -0.2) is 4.79 Å². The van der Waals surface area contributed by atoms with Crippen LogP contribution in [0.15, 0.2) is 35.9 Å². The highest BCUT2D eigenvalue weighted by Gasteiger charge is 2.06. The molecule has 1 rings (SSSR count). The molecule has 0 fully saturated rings. The molecule has 0 atom stereocenters. The molecule has 0 spiro atoms. The highest BCUT2D eigenvalue weighted by Crippen LogP contribution is 2.11. The summed E-state index contributed by atoms with van der Waals surface area (Å²) in [6, 6.07) is 6.27. The Hall–Kier alpha value is -1.61. The van der Waals surface area contributed by atoms with E-state index in [9.17, 15) is 9.59 Å². The van der Waals surface area contributed by atoms with Gasteiger partial charge in [-0.15, -0.1) is 0 Å². The molecule has 0 saturated heterocycles. The molecule has 3 nitrogen and oxygen atoms in total. The molecule has 1 aromatic rings. The van der Waals surface area contributed by atoms with Crippen molar-refractivity contribution in [3.05, 3.63) is 46.5 Å². The summed E-state index contributed by atoms with van der Waals surface area (Å²) in [6.45, 7) is 1.37. The van der Waals surface area contributed by atoms with Crippen molar-refractivity contribution in [3.8, 4) is 0 Å². The van der Waals surface area contributed by atoms with Crippen molar-refractivity contribution < 1.29 is 14.7 Å². The van der Waals surface area contributed by atoms with E-state index in [1.165, 1.54) is 6.92 Å². The van der Waals surface area contributed by atoms with Crippen LogP contribution in [-0.4, -0.2) is 16.9 Å². The topological polar surface area (TPSA) is 54.4 Å². The van der Waals surface area contributed by atoms with E-state index in [1.807, 2.05) is 0 Å². The number of rotatable bonds is 3. The first-order chi connectivity index (χ1) is 7.00. The summed E-state index contributed by atoms with van der Waals surface area (Å²) in [5, 5.41) is 9.11. The largest absolute Gasteiger partial charge is 0.478 e. The molecule has 0 aromatic heterocycles. The Bertz CT molecular complexity index is 418. The zero-order chi connectivity index (χ0) is 11.4. The molecule has 0 amide bonds. The van der Waals surface area contributed by atoms with E-state index < -0.39 is 5.97 Å². The van der Waals surface area contributed by atoms with Gasteiger partial charge in [-0.2, -0.15) is 0 Å². The number of benzene rings is 1. The summed E-state index contributed by atoms with van der Waals surface area (Å²) in [6.07, 6.45) is 1.09. The van der Waals surface area contributed by atoms with Crippen LogP contribution in [0.3, 0.4) is 0 Å². The molecule has 78 valence electrons. The molecular formula is C11H9ClO3. The molecule has 4 heteroatoms. The predicted molar refractivity (Wildman–Crippen MR) is 57.2 cm³/mol. The number of carboxylic acid groups (broad SMARTS) is 1. The number of carbonyl (C=O) groups excluding carboxylic acids is 1. The van der Waals surface area contributed by atoms with Crippen LogP contribution >= 0.6 is 11.6 Å². The fourth-order valence-corrected chi connectivity index (χ4v) is 1.08. The van der Waals surface area contributed by atoms with Gasteiger partial charge in [-0.05, 0) is 37.3 Å². The van der Waals surface area contributed by atoms with E-state index in [0.717, 1.165) is 6.08 Å². The average molecular weight is 225 g/mol. The van der Waals surface area contributed by atoms with Gasteiger partial charge in [-0.1, -0.05) is 11.6 Å². The standard InChI is InChI=1S/C11H9ClO3/c1-7(11(14)15)6-10(13)8-2-4-9(12)5-3-8/h2-6H,1H3,(H,14,15)/b7-6+. The van der Waals surface area contributed by atoms with Gasteiger partial charge in [0, 0.05) is 16.2 Å². The van der Waals surface area contributed by atoms with E-state index >= 15 is 0 Å². The lowest BCUT2D eigenvalue weighted by molar-refractivity contribution is -0.132. The number of carboxylic acids is 1. The van der Waals surface area contributed by atoms with E-state index in [-0.39, 0.29) is 11.4 Å². The summed E-state index contributed by atoms with van der Waals surface area (Å²) in [5.74, 6) is -1.44. The molecule has 1 N–H and O–H groups in total. The third kappa shape index (κ3) is 3.22. The van der Waals surface area contributed by atoms with E-state index in [4.69, 9.17) is 16.7 Å². The van der Waals surface area contributed by atoms with Crippen LogP contribution < -0.4 is 0 Å². The number of hydrogen-bond donors (Lipinski definition) is 1. The van der Waals surface area contributed by atoms with Gasteiger partial charge in [0.2, 0.25) is 0 Å². The van der Waals surface area contributed by atoms with Gasteiger partial charge in [0.1, 0.15) is 0 Å². The average Bonchev–Trinajstić information content (AvgIpc) is 2.18. The second-order valence-corrected chi connectivity index (χ2v) is 3.44. The van der Waals surface area contributed by atoms with Crippen molar-refractivity contribution in [1.82, 2.24) is 0 Å². The number of carbonyl (C=O) groups is 2. The van der Waals surface area contributed by atoms with Crippen molar-refractivity contribution in [3.63, 3.8) is 0 Å². The van der Waals surface area contributed by atoms with Gasteiger partial charge in [0.15, 0.2) is 5.78 Å². The zero-order valence-electron chi connectivity index (χ0n) is 8.03. The molecule has 0 unspecified atom stereocenters. The molecule has 0 aliphatic rings. The van der Waals surface area contributed by atoms with Gasteiger partial charge in [-0.3, -0.25) is 4.79 Å². The van der Waals surface area contributed by atoms with Gasteiger partial charge in [0.05, 0.1) is 0 Å². The first-order valence-corrected chi connectivity index (χ1v) is 4.60. The minimum atomic E-state index is -1.10. The van der Waals surface area contributed by atoms with Gasteiger partial charge < -0.3 is 5.11 Å². The highest BCUT2D eigenvalue weighted by atomic mass is 35.5. The number of allylic oxidation sites excluding steroid dienone is 1. The fourth-order valence-electron chi connectivity index (χ4n) is 0.956. The third-order valence-corrected chi connectivity index (χ3v) is 2.07. The molecule has 0 aliphatic carbocycles. The summed E-state index contributed by atoms with van der Waals surface area (Å²) in [5.41, 5.74) is 0.426. The quantitative estimate of drug-likeness (QED) is 0.634. The molecule has 15 heavy (non-hydrogen) atoms. The second-order valence-electron chi connectivity index (χ2n) is 3.00. The van der Waals surface area contributed by atoms with Crippen molar-refractivity contribution in [1.29, 1.82) is 0 Å². The second kappa shape index (κ2) is 4.75. The number of hydrogen-bond acceptors (Lipinski definition) is 2. The predicted octanol–water partition coefficient (Wildman–Crippen LogP) is 2.55. The number of halogens is 1. The van der Waals surface area contributed by atoms with E-state index in [2.05, 4.69) is 0 Å². The van der Waals surface area contributed by atoms with Crippen molar-refractivity contribution >= 4 is 23.4 Å². The lowest BCUT2D eigenvalue weighted by atomic mass is 10.1. The summed E-state index contributed by atoms with van der Waals surface area (Å²) in [7, 11) is 0. The van der Waals surface area contributed by atoms with E-state index in [0.29, 0.717) is 10.6 Å². The SMILES string of the molecule is C/C(=C\C(=O)c1ccc(Cl)cc1)C(=O)O. The molecule has 0 bridgehead atoms. The van der Waals surface area contributed by atoms with Crippen LogP contribution in [0.25, 0.3) is 0 Å². The smallest absolute Gasteiger partial charge is 0.331 e. The van der Waals surface area contributed by atoms with Crippen LogP contribution in [0.5, 0.6) is 0 Å². The van der Waals surface area contributed by atoms with Crippen molar-refractivity contribution in [2.75, 3.05) is 0 Å². The minimum absolute atomic E-state index is 0.00921. The van der Waals surface area contributed by atoms with Gasteiger partial charge in [0.25, 0.3) is 0 Å². The molecular weight excluding hydrogens is 216 g/mol. The summed E-state index contributed by atoms with van der Waals surface area (Å²) >= 11 is 5.65. The van der Waals surface area contributed by atoms with Crippen LogP contribution in [0, 0.1) is 0 Å². The van der Waals surface area contributed by atoms with Crippen LogP contribution in [-0.2, 0) is 4.79 Å². The Morgan fingerprint density at radius 2 is 1.80 bits per heavy atom. The number of ketones is 1. The zero-order valence-corrected chi connectivity index (χ0v) is 8.78. The minimum Gasteiger partial charge on any atom is -0.478 e. The van der Waals surface area contributed by atoms with Crippen LogP contribution in [0.1, 0.15) is 17.3 Å². The molecule has 0 saturated carbocycles. The lowest BCUT2D eigenvalue weighted by Gasteiger charge is -1.96. The monoisotopic (exact) mass is 224 g/mol. The number of aliphatic carboxylic acids is 1. The van der Waals surface area contributed by atoms with Gasteiger partial charge >= 0.3 is 5.97 Å². The fraction of sp³-hybridized carbons (Fsp3) is 0.0909. The Balaban J connectivity index is 2.91. The Kier molecular flexibility index (Phi) is 3.63. The van der Waals surface area contributed by atoms with Crippen molar-refractivity contribution in [2.45, 2.75) is 6.92 Å². The molecule has 0 heterocycles. The van der Waals surface area contributed by atoms with Crippen LogP contribution in [0.4, 0.5) is 0 Å². The lowest BCUT2D eigenvalue weighted by Crippen LogP contribution is -2.01.